The van der Waals surface area contributed by atoms with Crippen molar-refractivity contribution in [3.05, 3.63) is 35.4 Å². The van der Waals surface area contributed by atoms with Crippen LogP contribution >= 0.6 is 0 Å². The van der Waals surface area contributed by atoms with E-state index in [1.54, 1.807) is 0 Å². The van der Waals surface area contributed by atoms with Gasteiger partial charge in [0.05, 0.1) is 5.54 Å². The fourth-order valence-electron chi connectivity index (χ4n) is 4.06. The molecular weight excluding hydrogens is 246 g/mol. The summed E-state index contributed by atoms with van der Waals surface area (Å²) in [6.07, 6.45) is 3.70. The van der Waals surface area contributed by atoms with E-state index in [0.717, 1.165) is 19.6 Å². The van der Waals surface area contributed by atoms with Crippen LogP contribution in [0.1, 0.15) is 30.9 Å². The highest BCUT2D eigenvalue weighted by Gasteiger charge is 2.41. The second kappa shape index (κ2) is 5.84. The molecule has 1 saturated heterocycles. The SMILES string of the molecule is CCN1CCN(C2(CN)CCCc3ccccc32)CC1. The molecule has 3 nitrogen and oxygen atoms in total. The van der Waals surface area contributed by atoms with Crippen LogP contribution in [0.2, 0.25) is 0 Å². The van der Waals surface area contributed by atoms with Crippen molar-refractivity contribution >= 4 is 0 Å². The molecule has 20 heavy (non-hydrogen) atoms. The number of aryl methyl sites for hydroxylation is 1. The van der Waals surface area contributed by atoms with E-state index in [-0.39, 0.29) is 5.54 Å². The van der Waals surface area contributed by atoms with E-state index in [2.05, 4.69) is 41.0 Å². The zero-order chi connectivity index (χ0) is 14.0. The maximum Gasteiger partial charge on any atom is 0.0587 e. The van der Waals surface area contributed by atoms with Gasteiger partial charge < -0.3 is 10.6 Å². The van der Waals surface area contributed by atoms with Crippen molar-refractivity contribution < 1.29 is 0 Å². The van der Waals surface area contributed by atoms with Gasteiger partial charge in [-0.2, -0.15) is 0 Å². The highest BCUT2D eigenvalue weighted by Crippen LogP contribution is 2.39. The minimum absolute atomic E-state index is 0.0919. The third-order valence-corrected chi connectivity index (χ3v) is 5.32. The van der Waals surface area contributed by atoms with Gasteiger partial charge in [0.1, 0.15) is 0 Å². The van der Waals surface area contributed by atoms with E-state index in [0.29, 0.717) is 0 Å². The summed E-state index contributed by atoms with van der Waals surface area (Å²) in [5.74, 6) is 0. The predicted octanol–water partition coefficient (Wildman–Crippen LogP) is 1.81. The van der Waals surface area contributed by atoms with E-state index < -0.39 is 0 Å². The minimum atomic E-state index is 0.0919. The first-order valence-corrected chi connectivity index (χ1v) is 8.06. The number of nitrogens with zero attached hydrogens (tertiary/aromatic N) is 2. The van der Waals surface area contributed by atoms with Gasteiger partial charge in [-0.25, -0.2) is 0 Å². The molecule has 0 saturated carbocycles. The number of likely N-dealkylation sites (N-methyl/N-ethyl adjacent to an activating group) is 1. The maximum absolute atomic E-state index is 6.30. The normalized spacial score (nSPS) is 28.3. The molecular formula is C17H27N3. The van der Waals surface area contributed by atoms with Gasteiger partial charge in [0.15, 0.2) is 0 Å². The van der Waals surface area contributed by atoms with Crippen molar-refractivity contribution in [2.24, 2.45) is 5.73 Å². The Morgan fingerprint density at radius 3 is 2.60 bits per heavy atom. The van der Waals surface area contributed by atoms with Crippen molar-refractivity contribution in [2.45, 2.75) is 31.7 Å². The summed E-state index contributed by atoms with van der Waals surface area (Å²) < 4.78 is 0. The smallest absolute Gasteiger partial charge is 0.0587 e. The Balaban J connectivity index is 1.89. The molecule has 1 atom stereocenters. The lowest BCUT2D eigenvalue weighted by molar-refractivity contribution is 0.0241. The fourth-order valence-corrected chi connectivity index (χ4v) is 4.06. The Morgan fingerprint density at radius 2 is 1.90 bits per heavy atom. The summed E-state index contributed by atoms with van der Waals surface area (Å²) in [6, 6.07) is 8.95. The predicted molar refractivity (Wildman–Crippen MR) is 83.8 cm³/mol. The lowest BCUT2D eigenvalue weighted by Gasteiger charge is -2.50. The van der Waals surface area contributed by atoms with Crippen molar-refractivity contribution in [3.63, 3.8) is 0 Å². The first-order valence-electron chi connectivity index (χ1n) is 8.06. The maximum atomic E-state index is 6.30. The summed E-state index contributed by atoms with van der Waals surface area (Å²) in [5, 5.41) is 0. The third-order valence-electron chi connectivity index (χ3n) is 5.32. The molecule has 3 rings (SSSR count). The monoisotopic (exact) mass is 273 g/mol. The van der Waals surface area contributed by atoms with Crippen LogP contribution in [0.3, 0.4) is 0 Å². The van der Waals surface area contributed by atoms with Crippen LogP contribution in [0.5, 0.6) is 0 Å². The molecule has 0 aromatic heterocycles. The molecule has 1 aliphatic heterocycles. The lowest BCUT2D eigenvalue weighted by atomic mass is 9.75. The molecule has 1 aromatic carbocycles. The number of hydrogen-bond acceptors (Lipinski definition) is 3. The fraction of sp³-hybridized carbons (Fsp3) is 0.647. The zero-order valence-electron chi connectivity index (χ0n) is 12.6. The Labute approximate surface area is 122 Å². The Morgan fingerprint density at radius 1 is 1.15 bits per heavy atom. The molecule has 1 unspecified atom stereocenters. The number of fused-ring (bicyclic) bond motifs is 1. The average Bonchev–Trinajstić information content (AvgIpc) is 2.54. The zero-order valence-corrected chi connectivity index (χ0v) is 12.6. The van der Waals surface area contributed by atoms with Gasteiger partial charge >= 0.3 is 0 Å². The average molecular weight is 273 g/mol. The minimum Gasteiger partial charge on any atom is -0.328 e. The Hall–Kier alpha value is -0.900. The summed E-state index contributed by atoms with van der Waals surface area (Å²) in [5.41, 5.74) is 9.40. The number of piperazine rings is 1. The molecule has 2 aliphatic rings. The van der Waals surface area contributed by atoms with Crippen molar-refractivity contribution in [3.8, 4) is 0 Å². The molecule has 0 amide bonds. The largest absolute Gasteiger partial charge is 0.328 e. The van der Waals surface area contributed by atoms with E-state index in [1.165, 1.54) is 50.0 Å². The van der Waals surface area contributed by atoms with Gasteiger partial charge in [0.25, 0.3) is 0 Å². The molecule has 1 aliphatic carbocycles. The van der Waals surface area contributed by atoms with Crippen LogP contribution in [0.4, 0.5) is 0 Å². The Bertz CT molecular complexity index is 451. The summed E-state index contributed by atoms with van der Waals surface area (Å²) >= 11 is 0. The molecule has 3 heteroatoms. The standard InChI is InChI=1S/C17H27N3/c1-2-19-10-12-20(13-11-19)17(14-18)9-5-7-15-6-3-4-8-16(15)17/h3-4,6,8H,2,5,7,9-14,18H2,1H3. The molecule has 1 heterocycles. The summed E-state index contributed by atoms with van der Waals surface area (Å²) in [7, 11) is 0. The number of rotatable bonds is 3. The summed E-state index contributed by atoms with van der Waals surface area (Å²) in [6.45, 7) is 8.83. The Kier molecular flexibility index (Phi) is 4.11. The number of hydrogen-bond donors (Lipinski definition) is 1. The van der Waals surface area contributed by atoms with Gasteiger partial charge in [0, 0.05) is 32.7 Å². The first-order chi connectivity index (χ1) is 9.80. The van der Waals surface area contributed by atoms with Crippen LogP contribution in [-0.4, -0.2) is 49.1 Å². The third kappa shape index (κ3) is 2.28. The van der Waals surface area contributed by atoms with Crippen LogP contribution in [-0.2, 0) is 12.0 Å². The van der Waals surface area contributed by atoms with Crippen LogP contribution in [0.15, 0.2) is 24.3 Å². The van der Waals surface area contributed by atoms with E-state index in [1.807, 2.05) is 0 Å². The number of benzene rings is 1. The number of nitrogens with two attached hydrogens (primary N) is 1. The quantitative estimate of drug-likeness (QED) is 0.912. The van der Waals surface area contributed by atoms with Crippen LogP contribution in [0.25, 0.3) is 0 Å². The second-order valence-electron chi connectivity index (χ2n) is 6.17. The van der Waals surface area contributed by atoms with E-state index in [4.69, 9.17) is 5.73 Å². The summed E-state index contributed by atoms with van der Waals surface area (Å²) in [4.78, 5) is 5.20. The van der Waals surface area contributed by atoms with Crippen molar-refractivity contribution in [1.82, 2.24) is 9.80 Å². The molecule has 0 radical (unpaired) electrons. The lowest BCUT2D eigenvalue weighted by Crippen LogP contribution is -2.59. The topological polar surface area (TPSA) is 32.5 Å². The molecule has 0 bridgehead atoms. The molecule has 1 fully saturated rings. The molecule has 0 spiro atoms. The highest BCUT2D eigenvalue weighted by atomic mass is 15.3. The molecule has 110 valence electrons. The first kappa shape index (κ1) is 14.1. The highest BCUT2D eigenvalue weighted by molar-refractivity contribution is 5.37. The molecule has 2 N–H and O–H groups in total. The van der Waals surface area contributed by atoms with Crippen molar-refractivity contribution in [1.29, 1.82) is 0 Å². The van der Waals surface area contributed by atoms with Crippen LogP contribution in [0, 0.1) is 0 Å². The van der Waals surface area contributed by atoms with Gasteiger partial charge in [0.2, 0.25) is 0 Å². The van der Waals surface area contributed by atoms with E-state index in [9.17, 15) is 0 Å². The van der Waals surface area contributed by atoms with Crippen molar-refractivity contribution in [2.75, 3.05) is 39.3 Å². The second-order valence-corrected chi connectivity index (χ2v) is 6.17. The van der Waals surface area contributed by atoms with Gasteiger partial charge in [-0.1, -0.05) is 31.2 Å². The molecule has 1 aromatic rings. The van der Waals surface area contributed by atoms with Crippen LogP contribution < -0.4 is 5.73 Å². The van der Waals surface area contributed by atoms with Gasteiger partial charge in [-0.05, 0) is 36.9 Å². The van der Waals surface area contributed by atoms with Gasteiger partial charge in [-0.3, -0.25) is 4.90 Å². The van der Waals surface area contributed by atoms with Gasteiger partial charge in [-0.15, -0.1) is 0 Å². The van der Waals surface area contributed by atoms with E-state index >= 15 is 0 Å².